The summed E-state index contributed by atoms with van der Waals surface area (Å²) < 4.78 is 7.82. The Morgan fingerprint density at radius 2 is 1.94 bits per heavy atom. The van der Waals surface area contributed by atoms with E-state index in [1.807, 2.05) is 54.1 Å². The van der Waals surface area contributed by atoms with Crippen LogP contribution in [0.5, 0.6) is 5.75 Å². The molecule has 176 valence electrons. The molecule has 1 amide bonds. The standard InChI is InChI=1S/C25H26ClN5O3/c1-4-20(32)29-9-11-30(12-10-29)24-17-15-18(26)22(28(3)19-8-6-5-7-16(19)2)23-21(17)31(13-14-34-23)25(33)27-24/h4-8,15H,1,9-14H2,2-3H3. The highest BCUT2D eigenvalue weighted by Gasteiger charge is 2.29. The van der Waals surface area contributed by atoms with Crippen molar-refractivity contribution in [2.24, 2.45) is 0 Å². The van der Waals surface area contributed by atoms with Crippen molar-refractivity contribution in [1.82, 2.24) is 14.5 Å². The topological polar surface area (TPSA) is 70.9 Å². The Bertz CT molecular complexity index is 1360. The number of ether oxygens (including phenoxy) is 1. The predicted octanol–water partition coefficient (Wildman–Crippen LogP) is 3.35. The fourth-order valence-electron chi connectivity index (χ4n) is 4.82. The molecule has 1 saturated heterocycles. The van der Waals surface area contributed by atoms with Crippen molar-refractivity contribution in [3.8, 4) is 5.75 Å². The first-order chi connectivity index (χ1) is 16.4. The summed E-state index contributed by atoms with van der Waals surface area (Å²) in [6.45, 7) is 8.57. The van der Waals surface area contributed by atoms with Crippen LogP contribution in [0.25, 0.3) is 10.9 Å². The molecule has 2 aliphatic heterocycles. The summed E-state index contributed by atoms with van der Waals surface area (Å²) in [4.78, 5) is 35.3. The number of carbonyl (C=O) groups excluding carboxylic acids is 1. The molecule has 8 nitrogen and oxygen atoms in total. The van der Waals surface area contributed by atoms with Gasteiger partial charge in [0, 0.05) is 44.3 Å². The minimum absolute atomic E-state index is 0.0927. The van der Waals surface area contributed by atoms with Gasteiger partial charge in [-0.05, 0) is 30.7 Å². The molecule has 2 aliphatic rings. The van der Waals surface area contributed by atoms with Gasteiger partial charge in [0.15, 0.2) is 5.75 Å². The minimum atomic E-state index is -0.316. The SMILES string of the molecule is C=CC(=O)N1CCN(c2nc(=O)n3c4c(c(N(C)c5ccccc5C)c(Cl)cc24)OCC3)CC1. The molecule has 0 saturated carbocycles. The maximum absolute atomic E-state index is 13.1. The van der Waals surface area contributed by atoms with Gasteiger partial charge in [-0.15, -0.1) is 0 Å². The van der Waals surface area contributed by atoms with Gasteiger partial charge in [-0.1, -0.05) is 36.4 Å². The van der Waals surface area contributed by atoms with Crippen LogP contribution in [0.3, 0.4) is 0 Å². The molecule has 34 heavy (non-hydrogen) atoms. The van der Waals surface area contributed by atoms with E-state index in [0.29, 0.717) is 61.4 Å². The molecule has 0 N–H and O–H groups in total. The first kappa shape index (κ1) is 22.3. The van der Waals surface area contributed by atoms with E-state index in [9.17, 15) is 9.59 Å². The Hall–Kier alpha value is -3.52. The molecule has 3 heterocycles. The lowest BCUT2D eigenvalue weighted by molar-refractivity contribution is -0.126. The van der Waals surface area contributed by atoms with Crippen LogP contribution in [-0.4, -0.2) is 60.2 Å². The van der Waals surface area contributed by atoms with Crippen molar-refractivity contribution in [3.63, 3.8) is 0 Å². The van der Waals surface area contributed by atoms with E-state index < -0.39 is 0 Å². The normalized spacial score (nSPS) is 15.3. The van der Waals surface area contributed by atoms with Crippen LogP contribution >= 0.6 is 11.6 Å². The maximum Gasteiger partial charge on any atom is 0.350 e. The quantitative estimate of drug-likeness (QED) is 0.534. The summed E-state index contributed by atoms with van der Waals surface area (Å²) in [5.41, 5.74) is 3.20. The van der Waals surface area contributed by atoms with Crippen LogP contribution < -0.4 is 20.2 Å². The van der Waals surface area contributed by atoms with Crippen LogP contribution in [0.1, 0.15) is 5.56 Å². The largest absolute Gasteiger partial charge is 0.487 e. The Balaban J connectivity index is 1.65. The number of piperazine rings is 1. The molecular formula is C25H26ClN5O3. The van der Waals surface area contributed by atoms with Crippen molar-refractivity contribution < 1.29 is 9.53 Å². The minimum Gasteiger partial charge on any atom is -0.487 e. The van der Waals surface area contributed by atoms with Crippen LogP contribution in [0, 0.1) is 6.92 Å². The number of halogens is 1. The molecule has 1 fully saturated rings. The number of hydrogen-bond donors (Lipinski definition) is 0. The fourth-order valence-corrected chi connectivity index (χ4v) is 5.14. The number of para-hydroxylation sites is 1. The highest BCUT2D eigenvalue weighted by atomic mass is 35.5. The lowest BCUT2D eigenvalue weighted by Gasteiger charge is -2.36. The Kier molecular flexibility index (Phi) is 5.69. The highest BCUT2D eigenvalue weighted by Crippen LogP contribution is 2.47. The fraction of sp³-hybridized carbons (Fsp3) is 0.320. The van der Waals surface area contributed by atoms with E-state index in [4.69, 9.17) is 16.3 Å². The smallest absolute Gasteiger partial charge is 0.350 e. The molecule has 9 heteroatoms. The second kappa shape index (κ2) is 8.68. The van der Waals surface area contributed by atoms with Gasteiger partial charge >= 0.3 is 5.69 Å². The van der Waals surface area contributed by atoms with E-state index in [0.717, 1.165) is 22.3 Å². The van der Waals surface area contributed by atoms with Crippen molar-refractivity contribution in [2.45, 2.75) is 13.5 Å². The number of hydrogen-bond acceptors (Lipinski definition) is 6. The number of benzene rings is 2. The maximum atomic E-state index is 13.1. The second-order valence-electron chi connectivity index (χ2n) is 8.51. The lowest BCUT2D eigenvalue weighted by atomic mass is 10.1. The molecule has 1 aromatic heterocycles. The molecule has 0 atom stereocenters. The van der Waals surface area contributed by atoms with Crippen molar-refractivity contribution in [2.75, 3.05) is 49.6 Å². The number of amides is 1. The number of anilines is 3. The Morgan fingerprint density at radius 1 is 1.21 bits per heavy atom. The molecule has 0 aliphatic carbocycles. The zero-order valence-electron chi connectivity index (χ0n) is 19.3. The summed E-state index contributed by atoms with van der Waals surface area (Å²) >= 11 is 6.88. The zero-order chi connectivity index (χ0) is 24.0. The summed E-state index contributed by atoms with van der Waals surface area (Å²) in [5, 5.41) is 1.29. The van der Waals surface area contributed by atoms with E-state index in [2.05, 4.69) is 11.6 Å². The van der Waals surface area contributed by atoms with Gasteiger partial charge in [0.1, 0.15) is 23.6 Å². The first-order valence-electron chi connectivity index (χ1n) is 11.3. The number of aromatic nitrogens is 2. The molecule has 0 bridgehead atoms. The first-order valence-corrected chi connectivity index (χ1v) is 11.6. The van der Waals surface area contributed by atoms with Gasteiger partial charge in [-0.3, -0.25) is 9.36 Å². The number of aryl methyl sites for hydroxylation is 1. The number of nitrogens with zero attached hydrogens (tertiary/aromatic N) is 5. The van der Waals surface area contributed by atoms with E-state index in [-0.39, 0.29) is 11.6 Å². The van der Waals surface area contributed by atoms with Gasteiger partial charge in [0.05, 0.1) is 11.6 Å². The van der Waals surface area contributed by atoms with E-state index >= 15 is 0 Å². The predicted molar refractivity (Wildman–Crippen MR) is 135 cm³/mol. The van der Waals surface area contributed by atoms with Crippen LogP contribution in [0.4, 0.5) is 17.2 Å². The van der Waals surface area contributed by atoms with Crippen LogP contribution in [0.2, 0.25) is 5.02 Å². The summed E-state index contributed by atoms with van der Waals surface area (Å²) in [6.07, 6.45) is 1.33. The zero-order valence-corrected chi connectivity index (χ0v) is 20.0. The van der Waals surface area contributed by atoms with Gasteiger partial charge in [-0.25, -0.2) is 4.79 Å². The van der Waals surface area contributed by atoms with Gasteiger partial charge in [0.25, 0.3) is 0 Å². The molecule has 0 unspecified atom stereocenters. The second-order valence-corrected chi connectivity index (χ2v) is 8.92. The van der Waals surface area contributed by atoms with Crippen molar-refractivity contribution in [1.29, 1.82) is 0 Å². The molecule has 5 rings (SSSR count). The number of rotatable bonds is 4. The lowest BCUT2D eigenvalue weighted by Crippen LogP contribution is -2.49. The summed E-state index contributed by atoms with van der Waals surface area (Å²) in [5.74, 6) is 1.06. The van der Waals surface area contributed by atoms with Gasteiger partial charge in [-0.2, -0.15) is 4.98 Å². The molecule has 2 aromatic carbocycles. The van der Waals surface area contributed by atoms with Gasteiger partial charge < -0.3 is 19.4 Å². The third-order valence-electron chi connectivity index (χ3n) is 6.56. The highest BCUT2D eigenvalue weighted by molar-refractivity contribution is 6.35. The van der Waals surface area contributed by atoms with Crippen LogP contribution in [0.15, 0.2) is 47.8 Å². The van der Waals surface area contributed by atoms with Crippen molar-refractivity contribution in [3.05, 3.63) is 64.1 Å². The molecular weight excluding hydrogens is 454 g/mol. The van der Waals surface area contributed by atoms with Crippen molar-refractivity contribution >= 4 is 45.6 Å². The van der Waals surface area contributed by atoms with Crippen LogP contribution in [-0.2, 0) is 11.3 Å². The average Bonchev–Trinajstić information content (AvgIpc) is 2.85. The van der Waals surface area contributed by atoms with E-state index in [1.54, 1.807) is 9.47 Å². The summed E-state index contributed by atoms with van der Waals surface area (Å²) in [6, 6.07) is 9.92. The molecule has 3 aromatic rings. The molecule has 0 radical (unpaired) electrons. The number of carbonyl (C=O) groups is 1. The van der Waals surface area contributed by atoms with E-state index in [1.165, 1.54) is 6.08 Å². The Morgan fingerprint density at radius 3 is 2.65 bits per heavy atom. The third kappa shape index (κ3) is 3.58. The summed E-state index contributed by atoms with van der Waals surface area (Å²) in [7, 11) is 1.95. The van der Waals surface area contributed by atoms with Gasteiger partial charge in [0.2, 0.25) is 5.91 Å². The molecule has 0 spiro atoms. The average molecular weight is 480 g/mol. The third-order valence-corrected chi connectivity index (χ3v) is 6.85. The monoisotopic (exact) mass is 479 g/mol. The Labute approximate surface area is 202 Å².